The van der Waals surface area contributed by atoms with Crippen molar-refractivity contribution in [3.05, 3.63) is 59.2 Å². The lowest BCUT2D eigenvalue weighted by Crippen LogP contribution is -2.38. The van der Waals surface area contributed by atoms with Crippen LogP contribution in [-0.4, -0.2) is 19.1 Å². The van der Waals surface area contributed by atoms with Crippen molar-refractivity contribution in [3.8, 4) is 5.75 Å². The summed E-state index contributed by atoms with van der Waals surface area (Å²) in [6, 6.07) is 14.1. The molecule has 0 fully saturated rings. The highest BCUT2D eigenvalue weighted by atomic mass is 16.5. The van der Waals surface area contributed by atoms with Gasteiger partial charge in [-0.15, -0.1) is 0 Å². The zero-order valence-corrected chi connectivity index (χ0v) is 13.1. The van der Waals surface area contributed by atoms with Crippen LogP contribution >= 0.6 is 0 Å². The third kappa shape index (κ3) is 2.98. The molecule has 0 bridgehead atoms. The molecule has 3 nitrogen and oxygen atoms in total. The Morgan fingerprint density at radius 1 is 1.18 bits per heavy atom. The van der Waals surface area contributed by atoms with Gasteiger partial charge in [-0.25, -0.2) is 0 Å². The number of para-hydroxylation sites is 1. The number of hydrogen-bond donors (Lipinski definition) is 0. The van der Waals surface area contributed by atoms with Crippen LogP contribution in [-0.2, 0) is 11.2 Å². The lowest BCUT2D eigenvalue weighted by molar-refractivity contribution is -0.120. The molecule has 0 atom stereocenters. The minimum Gasteiger partial charge on any atom is -0.483 e. The molecule has 114 valence electrons. The van der Waals surface area contributed by atoms with Crippen molar-refractivity contribution in [1.29, 1.82) is 0 Å². The summed E-state index contributed by atoms with van der Waals surface area (Å²) in [6.45, 7) is 4.90. The first-order valence-corrected chi connectivity index (χ1v) is 7.73. The van der Waals surface area contributed by atoms with E-state index in [1.54, 1.807) is 0 Å². The average Bonchev–Trinajstić information content (AvgIpc) is 2.53. The number of nitrogens with zero attached hydrogens (tertiary/aromatic N) is 1. The van der Waals surface area contributed by atoms with Crippen LogP contribution < -0.4 is 9.64 Å². The lowest BCUT2D eigenvalue weighted by atomic mass is 10.0. The topological polar surface area (TPSA) is 29.5 Å². The molecule has 1 aliphatic rings. The van der Waals surface area contributed by atoms with E-state index in [0.29, 0.717) is 0 Å². The number of fused-ring (bicyclic) bond motifs is 1. The quantitative estimate of drug-likeness (QED) is 0.865. The van der Waals surface area contributed by atoms with Gasteiger partial charge in [0.2, 0.25) is 0 Å². The summed E-state index contributed by atoms with van der Waals surface area (Å²) in [5.74, 6) is 0.802. The third-order valence-corrected chi connectivity index (χ3v) is 4.09. The number of anilines is 1. The molecule has 0 unspecified atom stereocenters. The zero-order chi connectivity index (χ0) is 15.5. The van der Waals surface area contributed by atoms with E-state index >= 15 is 0 Å². The first-order chi connectivity index (χ1) is 10.6. The number of carbonyl (C=O) groups excluding carboxylic acids is 1. The van der Waals surface area contributed by atoms with Crippen molar-refractivity contribution in [3.63, 3.8) is 0 Å². The van der Waals surface area contributed by atoms with Crippen molar-refractivity contribution in [2.24, 2.45) is 0 Å². The molecule has 0 N–H and O–H groups in total. The maximum Gasteiger partial charge on any atom is 0.264 e. The first-order valence-electron chi connectivity index (χ1n) is 7.73. The van der Waals surface area contributed by atoms with Gasteiger partial charge in [-0.05, 0) is 49.9 Å². The van der Waals surface area contributed by atoms with Crippen LogP contribution in [0, 0.1) is 13.8 Å². The van der Waals surface area contributed by atoms with Crippen LogP contribution in [0.4, 0.5) is 5.69 Å². The molecule has 0 spiro atoms. The fourth-order valence-corrected chi connectivity index (χ4v) is 2.97. The minimum atomic E-state index is 0.0205. The Bertz CT molecular complexity index is 694. The molecule has 0 aliphatic carbocycles. The van der Waals surface area contributed by atoms with Crippen molar-refractivity contribution >= 4 is 11.6 Å². The Morgan fingerprint density at radius 2 is 2.00 bits per heavy atom. The molecule has 0 radical (unpaired) electrons. The van der Waals surface area contributed by atoms with Crippen molar-refractivity contribution in [2.45, 2.75) is 26.7 Å². The number of ether oxygens (including phenoxy) is 1. The lowest BCUT2D eigenvalue weighted by Gasteiger charge is -2.29. The highest BCUT2D eigenvalue weighted by molar-refractivity contribution is 5.95. The van der Waals surface area contributed by atoms with Gasteiger partial charge in [0.1, 0.15) is 5.75 Å². The van der Waals surface area contributed by atoms with Crippen LogP contribution in [0.1, 0.15) is 23.1 Å². The fourth-order valence-electron chi connectivity index (χ4n) is 2.97. The van der Waals surface area contributed by atoms with Crippen molar-refractivity contribution < 1.29 is 9.53 Å². The molecule has 0 saturated heterocycles. The second kappa shape index (κ2) is 6.22. The highest BCUT2D eigenvalue weighted by Gasteiger charge is 2.22. The van der Waals surface area contributed by atoms with E-state index in [9.17, 15) is 4.79 Å². The van der Waals surface area contributed by atoms with Gasteiger partial charge in [-0.1, -0.05) is 35.9 Å². The van der Waals surface area contributed by atoms with E-state index in [1.165, 1.54) is 11.1 Å². The number of aryl methyl sites for hydroxylation is 3. The standard InChI is InChI=1S/C19H21NO2/c1-14-9-10-18(15(2)12-14)22-13-19(21)20-11-5-7-16-6-3-4-8-17(16)20/h3-4,6,8-10,12H,5,7,11,13H2,1-2H3. The van der Waals surface area contributed by atoms with Crippen molar-refractivity contribution in [2.75, 3.05) is 18.1 Å². The Balaban J connectivity index is 1.70. The van der Waals surface area contributed by atoms with Gasteiger partial charge in [-0.2, -0.15) is 0 Å². The Hall–Kier alpha value is -2.29. The van der Waals surface area contributed by atoms with Gasteiger partial charge in [0.05, 0.1) is 0 Å². The Morgan fingerprint density at radius 3 is 2.82 bits per heavy atom. The molecule has 1 aliphatic heterocycles. The molecule has 2 aromatic carbocycles. The molecule has 1 heterocycles. The summed E-state index contributed by atoms with van der Waals surface area (Å²) in [6.07, 6.45) is 2.05. The number of rotatable bonds is 3. The predicted octanol–water partition coefficient (Wildman–Crippen LogP) is 3.66. The second-order valence-corrected chi connectivity index (χ2v) is 5.84. The number of carbonyl (C=O) groups is 1. The van der Waals surface area contributed by atoms with Crippen LogP contribution in [0.25, 0.3) is 0 Å². The van der Waals surface area contributed by atoms with Crippen LogP contribution in [0.3, 0.4) is 0 Å². The summed E-state index contributed by atoms with van der Waals surface area (Å²) in [5.41, 5.74) is 4.53. The van der Waals surface area contributed by atoms with E-state index in [0.717, 1.165) is 36.4 Å². The normalized spacial score (nSPS) is 13.6. The maximum absolute atomic E-state index is 12.5. The fraction of sp³-hybridized carbons (Fsp3) is 0.316. The maximum atomic E-state index is 12.5. The van der Waals surface area contributed by atoms with Crippen LogP contribution in [0.2, 0.25) is 0 Å². The summed E-state index contributed by atoms with van der Waals surface area (Å²) in [5, 5.41) is 0. The Kier molecular flexibility index (Phi) is 4.14. The monoisotopic (exact) mass is 295 g/mol. The van der Waals surface area contributed by atoms with E-state index in [1.807, 2.05) is 49.1 Å². The van der Waals surface area contributed by atoms with Gasteiger partial charge < -0.3 is 9.64 Å². The molecule has 1 amide bonds. The molecule has 0 saturated carbocycles. The van der Waals surface area contributed by atoms with Gasteiger partial charge in [0.25, 0.3) is 5.91 Å². The molecule has 3 rings (SSSR count). The molecular formula is C19H21NO2. The van der Waals surface area contributed by atoms with Gasteiger partial charge in [0, 0.05) is 12.2 Å². The van der Waals surface area contributed by atoms with E-state index < -0.39 is 0 Å². The highest BCUT2D eigenvalue weighted by Crippen LogP contribution is 2.27. The predicted molar refractivity (Wildman–Crippen MR) is 88.5 cm³/mol. The smallest absolute Gasteiger partial charge is 0.264 e. The second-order valence-electron chi connectivity index (χ2n) is 5.84. The van der Waals surface area contributed by atoms with E-state index in [2.05, 4.69) is 12.1 Å². The number of amides is 1. The molecule has 3 heteroatoms. The Labute approximate surface area is 131 Å². The van der Waals surface area contributed by atoms with Crippen LogP contribution in [0.5, 0.6) is 5.75 Å². The first kappa shape index (κ1) is 14.6. The molecular weight excluding hydrogens is 274 g/mol. The average molecular weight is 295 g/mol. The molecule has 2 aromatic rings. The number of hydrogen-bond acceptors (Lipinski definition) is 2. The zero-order valence-electron chi connectivity index (χ0n) is 13.1. The summed E-state index contributed by atoms with van der Waals surface area (Å²) in [4.78, 5) is 14.4. The van der Waals surface area contributed by atoms with E-state index in [4.69, 9.17) is 4.74 Å². The SMILES string of the molecule is Cc1ccc(OCC(=O)N2CCCc3ccccc32)c(C)c1. The summed E-state index contributed by atoms with van der Waals surface area (Å²) < 4.78 is 5.73. The summed E-state index contributed by atoms with van der Waals surface area (Å²) >= 11 is 0. The molecule has 0 aromatic heterocycles. The van der Waals surface area contributed by atoms with Gasteiger partial charge in [0.15, 0.2) is 6.61 Å². The molecule has 22 heavy (non-hydrogen) atoms. The van der Waals surface area contributed by atoms with Gasteiger partial charge in [-0.3, -0.25) is 4.79 Å². The third-order valence-electron chi connectivity index (χ3n) is 4.09. The van der Waals surface area contributed by atoms with E-state index in [-0.39, 0.29) is 12.5 Å². The van der Waals surface area contributed by atoms with Gasteiger partial charge >= 0.3 is 0 Å². The van der Waals surface area contributed by atoms with Crippen LogP contribution in [0.15, 0.2) is 42.5 Å². The van der Waals surface area contributed by atoms with Crippen molar-refractivity contribution in [1.82, 2.24) is 0 Å². The minimum absolute atomic E-state index is 0.0205. The number of benzene rings is 2. The summed E-state index contributed by atoms with van der Waals surface area (Å²) in [7, 11) is 0. The largest absolute Gasteiger partial charge is 0.483 e.